The van der Waals surface area contributed by atoms with Crippen LogP contribution < -0.4 is 15.6 Å². The molecule has 6 nitrogen and oxygen atoms in total. The predicted molar refractivity (Wildman–Crippen MR) is 84.3 cm³/mol. The molecule has 0 saturated carbocycles. The number of pyridine rings is 1. The fraction of sp³-hybridized carbons (Fsp3) is 0.375. The zero-order valence-corrected chi connectivity index (χ0v) is 12.8. The van der Waals surface area contributed by atoms with E-state index in [1.807, 2.05) is 31.2 Å². The molecule has 0 aliphatic rings. The van der Waals surface area contributed by atoms with Crippen molar-refractivity contribution in [2.75, 3.05) is 26.9 Å². The van der Waals surface area contributed by atoms with Gasteiger partial charge in [-0.15, -0.1) is 0 Å². The van der Waals surface area contributed by atoms with Crippen LogP contribution in [0.3, 0.4) is 0 Å². The van der Waals surface area contributed by atoms with Gasteiger partial charge in [0, 0.05) is 31.7 Å². The molecule has 1 aromatic heterocycles. The van der Waals surface area contributed by atoms with Crippen LogP contribution in [0, 0.1) is 0 Å². The number of benzene rings is 1. The summed E-state index contributed by atoms with van der Waals surface area (Å²) in [4.78, 5) is 23.8. The highest BCUT2D eigenvalue weighted by atomic mass is 16.5. The summed E-state index contributed by atoms with van der Waals surface area (Å²) in [6.07, 6.45) is 0. The van der Waals surface area contributed by atoms with Crippen molar-refractivity contribution >= 4 is 16.8 Å². The van der Waals surface area contributed by atoms with E-state index in [4.69, 9.17) is 9.47 Å². The molecule has 0 aliphatic carbocycles. The number of ether oxygens (including phenoxy) is 2. The molecule has 1 aromatic carbocycles. The van der Waals surface area contributed by atoms with Crippen molar-refractivity contribution in [3.63, 3.8) is 0 Å². The largest absolute Gasteiger partial charge is 0.483 e. The molecular formula is C16H20N2O4. The number of nitrogens with one attached hydrogen (secondary N) is 1. The third-order valence-electron chi connectivity index (χ3n) is 3.28. The minimum absolute atomic E-state index is 0.136. The topological polar surface area (TPSA) is 69.6 Å². The number of para-hydroxylation sites is 1. The first-order valence-electron chi connectivity index (χ1n) is 7.18. The third kappa shape index (κ3) is 3.65. The Kier molecular flexibility index (Phi) is 5.55. The summed E-state index contributed by atoms with van der Waals surface area (Å²) in [5, 5.41) is 3.48. The van der Waals surface area contributed by atoms with Crippen LogP contribution in [0.2, 0.25) is 0 Å². The lowest BCUT2D eigenvalue weighted by Gasteiger charge is -2.13. The van der Waals surface area contributed by atoms with Crippen LogP contribution in [-0.2, 0) is 16.1 Å². The van der Waals surface area contributed by atoms with E-state index in [1.54, 1.807) is 11.7 Å². The molecular weight excluding hydrogens is 284 g/mol. The summed E-state index contributed by atoms with van der Waals surface area (Å²) in [5.41, 5.74) is 0.656. The maximum Gasteiger partial charge on any atom is 0.258 e. The van der Waals surface area contributed by atoms with Crippen molar-refractivity contribution in [3.05, 3.63) is 40.7 Å². The molecule has 2 aromatic rings. The van der Waals surface area contributed by atoms with Crippen molar-refractivity contribution in [3.8, 4) is 5.75 Å². The molecule has 1 N–H and O–H groups in total. The van der Waals surface area contributed by atoms with Crippen molar-refractivity contribution in [2.45, 2.75) is 13.5 Å². The summed E-state index contributed by atoms with van der Waals surface area (Å²) in [6, 6.07) is 8.91. The predicted octanol–water partition coefficient (Wildman–Crippen LogP) is 1.16. The van der Waals surface area contributed by atoms with E-state index in [-0.39, 0.29) is 18.1 Å². The molecule has 0 atom stereocenters. The van der Waals surface area contributed by atoms with Gasteiger partial charge in [0.1, 0.15) is 5.75 Å². The van der Waals surface area contributed by atoms with Gasteiger partial charge in [-0.2, -0.15) is 0 Å². The number of amides is 1. The molecule has 0 unspecified atom stereocenters. The Labute approximate surface area is 128 Å². The molecule has 22 heavy (non-hydrogen) atoms. The molecule has 118 valence electrons. The molecule has 0 spiro atoms. The van der Waals surface area contributed by atoms with Crippen LogP contribution in [0.5, 0.6) is 5.75 Å². The van der Waals surface area contributed by atoms with Crippen LogP contribution in [0.4, 0.5) is 0 Å². The van der Waals surface area contributed by atoms with Crippen LogP contribution in [0.25, 0.3) is 10.9 Å². The Morgan fingerprint density at radius 1 is 1.32 bits per heavy atom. The van der Waals surface area contributed by atoms with Crippen LogP contribution in [-0.4, -0.2) is 37.3 Å². The highest BCUT2D eigenvalue weighted by Crippen LogP contribution is 2.23. The standard InChI is InChI=1S/C16H20N2O4/c1-3-18-13-7-5-4-6-12(13)14(10-16(18)20)22-11-15(19)17-8-9-21-2/h4-7,10H,3,8-9,11H2,1-2H3,(H,17,19). The third-order valence-corrected chi connectivity index (χ3v) is 3.28. The Hall–Kier alpha value is -2.34. The van der Waals surface area contributed by atoms with E-state index in [2.05, 4.69) is 5.32 Å². The van der Waals surface area contributed by atoms with Gasteiger partial charge in [-0.3, -0.25) is 9.59 Å². The summed E-state index contributed by atoms with van der Waals surface area (Å²) in [6.45, 7) is 3.23. The first-order valence-corrected chi connectivity index (χ1v) is 7.18. The Morgan fingerprint density at radius 3 is 2.82 bits per heavy atom. The van der Waals surface area contributed by atoms with Gasteiger partial charge < -0.3 is 19.4 Å². The number of carbonyl (C=O) groups is 1. The molecule has 0 fully saturated rings. The van der Waals surface area contributed by atoms with Gasteiger partial charge in [0.15, 0.2) is 6.61 Å². The van der Waals surface area contributed by atoms with Gasteiger partial charge in [0.2, 0.25) is 0 Å². The number of hydrogen-bond acceptors (Lipinski definition) is 4. The fourth-order valence-electron chi connectivity index (χ4n) is 2.24. The first kappa shape index (κ1) is 16.0. The normalized spacial score (nSPS) is 10.6. The second-order valence-electron chi connectivity index (χ2n) is 4.74. The highest BCUT2D eigenvalue weighted by molar-refractivity contribution is 5.86. The number of carbonyl (C=O) groups excluding carboxylic acids is 1. The minimum atomic E-state index is -0.249. The second kappa shape index (κ2) is 7.61. The smallest absolute Gasteiger partial charge is 0.258 e. The average Bonchev–Trinajstić information content (AvgIpc) is 2.53. The van der Waals surface area contributed by atoms with E-state index in [0.717, 1.165) is 10.9 Å². The van der Waals surface area contributed by atoms with Gasteiger partial charge in [-0.05, 0) is 19.1 Å². The van der Waals surface area contributed by atoms with Crippen LogP contribution in [0.1, 0.15) is 6.92 Å². The monoisotopic (exact) mass is 304 g/mol. The van der Waals surface area contributed by atoms with Crippen molar-refractivity contribution < 1.29 is 14.3 Å². The van der Waals surface area contributed by atoms with Crippen molar-refractivity contribution in [1.29, 1.82) is 0 Å². The summed E-state index contributed by atoms with van der Waals surface area (Å²) >= 11 is 0. The van der Waals surface area contributed by atoms with Crippen molar-refractivity contribution in [2.24, 2.45) is 0 Å². The molecule has 6 heteroatoms. The van der Waals surface area contributed by atoms with E-state index in [0.29, 0.717) is 25.4 Å². The Morgan fingerprint density at radius 2 is 2.09 bits per heavy atom. The summed E-state index contributed by atoms with van der Waals surface area (Å²) in [5.74, 6) is 0.174. The number of aromatic nitrogens is 1. The maximum absolute atomic E-state index is 12.1. The number of hydrogen-bond donors (Lipinski definition) is 1. The van der Waals surface area contributed by atoms with Crippen LogP contribution in [0.15, 0.2) is 35.1 Å². The SMILES string of the molecule is CCn1c(=O)cc(OCC(=O)NCCOC)c2ccccc21. The lowest BCUT2D eigenvalue weighted by molar-refractivity contribution is -0.123. The van der Waals surface area contributed by atoms with Crippen LogP contribution >= 0.6 is 0 Å². The van der Waals surface area contributed by atoms with E-state index >= 15 is 0 Å². The van der Waals surface area contributed by atoms with E-state index in [1.165, 1.54) is 6.07 Å². The Bertz CT molecular complexity index is 709. The Balaban J connectivity index is 2.18. The molecule has 2 rings (SSSR count). The van der Waals surface area contributed by atoms with Gasteiger partial charge in [-0.25, -0.2) is 0 Å². The van der Waals surface area contributed by atoms with Gasteiger partial charge in [0.25, 0.3) is 11.5 Å². The molecule has 1 heterocycles. The van der Waals surface area contributed by atoms with Gasteiger partial charge in [-0.1, -0.05) is 12.1 Å². The minimum Gasteiger partial charge on any atom is -0.483 e. The van der Waals surface area contributed by atoms with Gasteiger partial charge >= 0.3 is 0 Å². The number of rotatable bonds is 7. The second-order valence-corrected chi connectivity index (χ2v) is 4.74. The number of aryl methyl sites for hydroxylation is 1. The maximum atomic E-state index is 12.1. The van der Waals surface area contributed by atoms with E-state index in [9.17, 15) is 9.59 Å². The summed E-state index contributed by atoms with van der Waals surface area (Å²) in [7, 11) is 1.57. The van der Waals surface area contributed by atoms with Crippen molar-refractivity contribution in [1.82, 2.24) is 9.88 Å². The molecule has 0 saturated heterocycles. The zero-order chi connectivity index (χ0) is 15.9. The first-order chi connectivity index (χ1) is 10.7. The number of nitrogens with zero attached hydrogens (tertiary/aromatic N) is 1. The van der Waals surface area contributed by atoms with E-state index < -0.39 is 0 Å². The van der Waals surface area contributed by atoms with Gasteiger partial charge in [0.05, 0.1) is 12.1 Å². The lowest BCUT2D eigenvalue weighted by Crippen LogP contribution is -2.31. The number of fused-ring (bicyclic) bond motifs is 1. The zero-order valence-electron chi connectivity index (χ0n) is 12.8. The molecule has 0 radical (unpaired) electrons. The molecule has 0 aliphatic heterocycles. The number of methoxy groups -OCH3 is 1. The quantitative estimate of drug-likeness (QED) is 0.779. The lowest BCUT2D eigenvalue weighted by atomic mass is 10.2. The summed E-state index contributed by atoms with van der Waals surface area (Å²) < 4.78 is 12.0. The molecule has 0 bridgehead atoms. The highest BCUT2D eigenvalue weighted by Gasteiger charge is 2.10. The average molecular weight is 304 g/mol. The fourth-order valence-corrected chi connectivity index (χ4v) is 2.24. The molecule has 1 amide bonds.